The Balaban J connectivity index is 1.58. The van der Waals surface area contributed by atoms with E-state index in [1.54, 1.807) is 40.5 Å². The summed E-state index contributed by atoms with van der Waals surface area (Å²) in [5.74, 6) is -0.848. The standard InChI is InChI=1S/C22H17ClFN3O2S2/c23-14-3-7-16(8-4-14)25-21(29)19-12-20(28)27(13-18-2-1-11-30-18)22(31-19)26-17-9-5-15(24)6-10-17/h1-11,19H,12-13H2,(H,25,29). The quantitative estimate of drug-likeness (QED) is 0.517. The van der Waals surface area contributed by atoms with Gasteiger partial charge in [-0.05, 0) is 60.0 Å². The van der Waals surface area contributed by atoms with Crippen LogP contribution in [0.15, 0.2) is 71.0 Å². The Kier molecular flexibility index (Phi) is 6.70. The Bertz CT molecular complexity index is 1100. The number of amidine groups is 1. The van der Waals surface area contributed by atoms with E-state index in [1.165, 1.54) is 36.0 Å². The fourth-order valence-corrected chi connectivity index (χ4v) is 4.85. The maximum Gasteiger partial charge on any atom is 0.238 e. The van der Waals surface area contributed by atoms with Crippen LogP contribution in [0.25, 0.3) is 0 Å². The lowest BCUT2D eigenvalue weighted by atomic mass is 10.2. The second-order valence-corrected chi connectivity index (χ2v) is 9.38. The summed E-state index contributed by atoms with van der Waals surface area (Å²) in [6.07, 6.45) is 0.0535. The average Bonchev–Trinajstić information content (AvgIpc) is 3.27. The first-order chi connectivity index (χ1) is 15.0. The number of amides is 2. The van der Waals surface area contributed by atoms with Crippen molar-refractivity contribution in [3.8, 4) is 0 Å². The summed E-state index contributed by atoms with van der Waals surface area (Å²) in [5, 5.41) is 5.10. The molecule has 2 heterocycles. The van der Waals surface area contributed by atoms with Crippen molar-refractivity contribution in [1.82, 2.24) is 4.90 Å². The number of carbonyl (C=O) groups excluding carboxylic acids is 2. The molecule has 158 valence electrons. The number of carbonyl (C=O) groups is 2. The number of aliphatic imine (C=N–C) groups is 1. The van der Waals surface area contributed by atoms with Gasteiger partial charge >= 0.3 is 0 Å². The average molecular weight is 474 g/mol. The van der Waals surface area contributed by atoms with E-state index in [9.17, 15) is 14.0 Å². The summed E-state index contributed by atoms with van der Waals surface area (Å²) in [6.45, 7) is 0.370. The van der Waals surface area contributed by atoms with Crippen molar-refractivity contribution in [2.75, 3.05) is 5.32 Å². The summed E-state index contributed by atoms with van der Waals surface area (Å²) in [6, 6.07) is 16.3. The number of benzene rings is 2. The van der Waals surface area contributed by atoms with Crippen molar-refractivity contribution >= 4 is 63.1 Å². The van der Waals surface area contributed by atoms with Gasteiger partial charge in [0.25, 0.3) is 0 Å². The normalized spacial score (nSPS) is 17.7. The highest BCUT2D eigenvalue weighted by Gasteiger charge is 2.36. The van der Waals surface area contributed by atoms with Crippen LogP contribution < -0.4 is 5.32 Å². The van der Waals surface area contributed by atoms with Gasteiger partial charge in [-0.3, -0.25) is 14.5 Å². The number of anilines is 1. The second kappa shape index (κ2) is 9.64. The molecule has 0 radical (unpaired) electrons. The molecule has 0 saturated carbocycles. The van der Waals surface area contributed by atoms with E-state index >= 15 is 0 Å². The minimum Gasteiger partial charge on any atom is -0.325 e. The molecule has 5 nitrogen and oxygen atoms in total. The number of thioether (sulfide) groups is 1. The molecule has 9 heteroatoms. The second-order valence-electron chi connectivity index (χ2n) is 6.74. The first-order valence-corrected chi connectivity index (χ1v) is 11.5. The highest BCUT2D eigenvalue weighted by Crippen LogP contribution is 2.31. The maximum absolute atomic E-state index is 13.3. The number of hydrogen-bond donors (Lipinski definition) is 1. The van der Waals surface area contributed by atoms with E-state index in [0.717, 1.165) is 4.88 Å². The number of halogens is 2. The van der Waals surface area contributed by atoms with Crippen LogP contribution in [0.2, 0.25) is 5.02 Å². The minimum atomic E-state index is -0.637. The Morgan fingerprint density at radius 2 is 1.90 bits per heavy atom. The van der Waals surface area contributed by atoms with Crippen molar-refractivity contribution in [1.29, 1.82) is 0 Å². The molecule has 0 spiro atoms. The highest BCUT2D eigenvalue weighted by atomic mass is 35.5. The lowest BCUT2D eigenvalue weighted by Gasteiger charge is -2.31. The van der Waals surface area contributed by atoms with Crippen LogP contribution in [0.3, 0.4) is 0 Å². The third-order valence-corrected chi connectivity index (χ3v) is 6.79. The largest absolute Gasteiger partial charge is 0.325 e. The van der Waals surface area contributed by atoms with Crippen molar-refractivity contribution < 1.29 is 14.0 Å². The SMILES string of the molecule is O=C(Nc1ccc(Cl)cc1)C1CC(=O)N(Cc2cccs2)C(=Nc2ccc(F)cc2)S1. The molecule has 2 amide bonds. The third-order valence-electron chi connectivity index (χ3n) is 4.49. The summed E-state index contributed by atoms with van der Waals surface area (Å²) < 4.78 is 13.3. The summed E-state index contributed by atoms with van der Waals surface area (Å²) >= 11 is 8.65. The van der Waals surface area contributed by atoms with Gasteiger partial charge in [0.1, 0.15) is 11.1 Å². The van der Waals surface area contributed by atoms with E-state index < -0.39 is 5.25 Å². The number of nitrogens with one attached hydrogen (secondary N) is 1. The first kappa shape index (κ1) is 21.5. The van der Waals surface area contributed by atoms with Gasteiger partial charge in [0, 0.05) is 22.0 Å². The fourth-order valence-electron chi connectivity index (χ4n) is 2.94. The maximum atomic E-state index is 13.3. The topological polar surface area (TPSA) is 61.8 Å². The molecular formula is C22H17ClFN3O2S2. The predicted octanol–water partition coefficient (Wildman–Crippen LogP) is 5.70. The Hall–Kier alpha value is -2.68. The van der Waals surface area contributed by atoms with Gasteiger partial charge in [0.05, 0.1) is 12.2 Å². The lowest BCUT2D eigenvalue weighted by molar-refractivity contribution is -0.129. The van der Waals surface area contributed by atoms with Crippen molar-refractivity contribution in [2.24, 2.45) is 4.99 Å². The lowest BCUT2D eigenvalue weighted by Crippen LogP contribution is -2.44. The van der Waals surface area contributed by atoms with Crippen LogP contribution >= 0.6 is 34.7 Å². The number of nitrogens with zero attached hydrogens (tertiary/aromatic N) is 2. The summed E-state index contributed by atoms with van der Waals surface area (Å²) in [5.41, 5.74) is 1.10. The van der Waals surface area contributed by atoms with E-state index in [4.69, 9.17) is 11.6 Å². The smallest absolute Gasteiger partial charge is 0.238 e. The van der Waals surface area contributed by atoms with Crippen LogP contribution in [-0.2, 0) is 16.1 Å². The molecule has 1 atom stereocenters. The first-order valence-electron chi connectivity index (χ1n) is 9.38. The van der Waals surface area contributed by atoms with Crippen LogP contribution in [0.4, 0.5) is 15.8 Å². The zero-order valence-electron chi connectivity index (χ0n) is 16.1. The van der Waals surface area contributed by atoms with Gasteiger partial charge in [-0.25, -0.2) is 9.38 Å². The van der Waals surface area contributed by atoms with Crippen LogP contribution in [0, 0.1) is 5.82 Å². The van der Waals surface area contributed by atoms with E-state index in [1.807, 2.05) is 17.5 Å². The fraction of sp³-hybridized carbons (Fsp3) is 0.136. The van der Waals surface area contributed by atoms with E-state index in [2.05, 4.69) is 10.3 Å². The molecule has 1 N–H and O–H groups in total. The molecule has 3 aromatic rings. The molecule has 1 aromatic heterocycles. The number of rotatable bonds is 5. The highest BCUT2D eigenvalue weighted by molar-refractivity contribution is 8.15. The van der Waals surface area contributed by atoms with E-state index in [0.29, 0.717) is 28.1 Å². The Morgan fingerprint density at radius 3 is 2.58 bits per heavy atom. The van der Waals surface area contributed by atoms with Crippen molar-refractivity contribution in [2.45, 2.75) is 18.2 Å². The predicted molar refractivity (Wildman–Crippen MR) is 124 cm³/mol. The molecule has 31 heavy (non-hydrogen) atoms. The summed E-state index contributed by atoms with van der Waals surface area (Å²) in [4.78, 5) is 32.9. The molecule has 1 aliphatic heterocycles. The molecule has 1 fully saturated rings. The number of thiophene rings is 1. The molecule has 0 aliphatic carbocycles. The van der Waals surface area contributed by atoms with Crippen molar-refractivity contribution in [3.63, 3.8) is 0 Å². The molecule has 1 unspecified atom stereocenters. The van der Waals surface area contributed by atoms with Crippen LogP contribution in [-0.4, -0.2) is 27.1 Å². The van der Waals surface area contributed by atoms with Gasteiger partial charge < -0.3 is 5.32 Å². The Labute approximate surface area is 191 Å². The molecule has 2 aromatic carbocycles. The van der Waals surface area contributed by atoms with Crippen molar-refractivity contribution in [3.05, 3.63) is 81.8 Å². The molecule has 1 saturated heterocycles. The van der Waals surface area contributed by atoms with Gasteiger partial charge in [-0.2, -0.15) is 0 Å². The molecule has 4 rings (SSSR count). The van der Waals surface area contributed by atoms with Gasteiger partial charge in [-0.1, -0.05) is 29.4 Å². The minimum absolute atomic E-state index is 0.0535. The summed E-state index contributed by atoms with van der Waals surface area (Å²) in [7, 11) is 0. The van der Waals surface area contributed by atoms with E-state index in [-0.39, 0.29) is 24.1 Å². The molecule has 0 bridgehead atoms. The number of hydrogen-bond acceptors (Lipinski definition) is 5. The Morgan fingerprint density at radius 1 is 1.16 bits per heavy atom. The molecular weight excluding hydrogens is 457 g/mol. The van der Waals surface area contributed by atoms with Crippen LogP contribution in [0.1, 0.15) is 11.3 Å². The van der Waals surface area contributed by atoms with Crippen LogP contribution in [0.5, 0.6) is 0 Å². The van der Waals surface area contributed by atoms with Gasteiger partial charge in [-0.15, -0.1) is 11.3 Å². The molecule has 1 aliphatic rings. The zero-order chi connectivity index (χ0) is 21.8. The third kappa shape index (κ3) is 5.52. The van der Waals surface area contributed by atoms with Gasteiger partial charge in [0.15, 0.2) is 5.17 Å². The monoisotopic (exact) mass is 473 g/mol. The van der Waals surface area contributed by atoms with Gasteiger partial charge in [0.2, 0.25) is 11.8 Å². The zero-order valence-corrected chi connectivity index (χ0v) is 18.5.